The molecule has 0 spiro atoms. The molecule has 0 aliphatic heterocycles. The minimum absolute atomic E-state index is 0.0774. The van der Waals surface area contributed by atoms with Gasteiger partial charge in [0.2, 0.25) is 0 Å². The molecule has 2 heterocycles. The molecule has 0 bridgehead atoms. The van der Waals surface area contributed by atoms with Crippen LogP contribution in [0.3, 0.4) is 0 Å². The van der Waals surface area contributed by atoms with E-state index in [1.54, 1.807) is 0 Å². The number of halogens is 2. The molecule has 2 N–H and O–H groups in total. The van der Waals surface area contributed by atoms with Gasteiger partial charge in [0.25, 0.3) is 5.91 Å². The van der Waals surface area contributed by atoms with Crippen LogP contribution < -0.4 is 10.1 Å². The lowest BCUT2D eigenvalue weighted by Gasteiger charge is -2.04. The van der Waals surface area contributed by atoms with E-state index in [2.05, 4.69) is 20.4 Å². The summed E-state index contributed by atoms with van der Waals surface area (Å²) in [6.07, 6.45) is 0.525. The normalized spacial score (nSPS) is 11.0. The smallest absolute Gasteiger partial charge is 0.273 e. The molecular formula is C21H18F2N4O3. The fourth-order valence-electron chi connectivity index (χ4n) is 2.96. The second-order valence-corrected chi connectivity index (χ2v) is 6.70. The Balaban J connectivity index is 1.29. The van der Waals surface area contributed by atoms with Gasteiger partial charge in [-0.25, -0.2) is 13.8 Å². The Morgan fingerprint density at radius 1 is 1.23 bits per heavy atom. The first-order valence-corrected chi connectivity index (χ1v) is 9.25. The van der Waals surface area contributed by atoms with Gasteiger partial charge in [-0.3, -0.25) is 4.79 Å². The van der Waals surface area contributed by atoms with Crippen molar-refractivity contribution in [3.8, 4) is 5.75 Å². The number of hydrogen-bond acceptors (Lipinski definition) is 5. The van der Waals surface area contributed by atoms with Crippen LogP contribution in [0.1, 0.15) is 27.6 Å². The molecule has 0 fully saturated rings. The van der Waals surface area contributed by atoms with Crippen molar-refractivity contribution < 1.29 is 22.8 Å². The van der Waals surface area contributed by atoms with Crippen LogP contribution in [0.25, 0.3) is 11.0 Å². The van der Waals surface area contributed by atoms with E-state index in [1.165, 1.54) is 12.1 Å². The number of aromatic nitrogens is 3. The number of aryl methyl sites for hydroxylation is 1. The Morgan fingerprint density at radius 3 is 2.90 bits per heavy atom. The molecule has 0 aliphatic carbocycles. The van der Waals surface area contributed by atoms with E-state index in [0.29, 0.717) is 13.0 Å². The number of fused-ring (bicyclic) bond motifs is 1. The molecule has 2 aromatic heterocycles. The van der Waals surface area contributed by atoms with Crippen LogP contribution >= 0.6 is 0 Å². The molecule has 7 nitrogen and oxygen atoms in total. The van der Waals surface area contributed by atoms with Crippen molar-refractivity contribution in [1.29, 1.82) is 0 Å². The van der Waals surface area contributed by atoms with Gasteiger partial charge in [0.05, 0.1) is 11.0 Å². The fraction of sp³-hybridized carbons (Fsp3) is 0.190. The first kappa shape index (κ1) is 19.6. The topological polar surface area (TPSA) is 93.0 Å². The number of hydrogen-bond donors (Lipinski definition) is 2. The van der Waals surface area contributed by atoms with E-state index in [4.69, 9.17) is 9.26 Å². The Labute approximate surface area is 170 Å². The van der Waals surface area contributed by atoms with E-state index < -0.39 is 17.5 Å². The minimum atomic E-state index is -0.826. The van der Waals surface area contributed by atoms with Gasteiger partial charge in [0.15, 0.2) is 23.0 Å². The number of carbonyl (C=O) groups excluding carboxylic acids is 1. The summed E-state index contributed by atoms with van der Waals surface area (Å²) in [4.78, 5) is 20.0. The van der Waals surface area contributed by atoms with E-state index >= 15 is 0 Å². The van der Waals surface area contributed by atoms with Crippen molar-refractivity contribution in [3.63, 3.8) is 0 Å². The Bertz CT molecular complexity index is 1200. The van der Waals surface area contributed by atoms with Crippen LogP contribution in [0.4, 0.5) is 8.78 Å². The summed E-state index contributed by atoms with van der Waals surface area (Å²) >= 11 is 0. The predicted octanol–water partition coefficient (Wildman–Crippen LogP) is 3.69. The average Bonchev–Trinajstić information content (AvgIpc) is 3.35. The number of nitrogens with zero attached hydrogens (tertiary/aromatic N) is 2. The highest BCUT2D eigenvalue weighted by Gasteiger charge is 2.14. The molecule has 0 radical (unpaired) electrons. The number of aromatic amines is 1. The quantitative estimate of drug-likeness (QED) is 0.483. The van der Waals surface area contributed by atoms with Gasteiger partial charge in [0, 0.05) is 25.1 Å². The Kier molecular flexibility index (Phi) is 5.42. The highest BCUT2D eigenvalue weighted by Crippen LogP contribution is 2.19. The highest BCUT2D eigenvalue weighted by molar-refractivity contribution is 5.92. The lowest BCUT2D eigenvalue weighted by Crippen LogP contribution is -2.26. The molecule has 30 heavy (non-hydrogen) atoms. The lowest BCUT2D eigenvalue weighted by molar-refractivity contribution is 0.0944. The summed E-state index contributed by atoms with van der Waals surface area (Å²) in [7, 11) is 0. The summed E-state index contributed by atoms with van der Waals surface area (Å²) in [6.45, 7) is 2.20. The van der Waals surface area contributed by atoms with Crippen molar-refractivity contribution in [2.24, 2.45) is 0 Å². The molecule has 0 atom stereocenters. The first-order chi connectivity index (χ1) is 14.5. The number of amides is 1. The van der Waals surface area contributed by atoms with Crippen molar-refractivity contribution in [2.75, 3.05) is 6.54 Å². The number of imidazole rings is 1. The molecule has 2 aromatic carbocycles. The van der Waals surface area contributed by atoms with Gasteiger partial charge in [-0.05, 0) is 30.7 Å². The minimum Gasteiger partial charge on any atom is -0.482 e. The monoisotopic (exact) mass is 412 g/mol. The largest absolute Gasteiger partial charge is 0.482 e. The lowest BCUT2D eigenvalue weighted by atomic mass is 10.2. The number of carbonyl (C=O) groups is 1. The number of para-hydroxylation sites is 1. The van der Waals surface area contributed by atoms with Gasteiger partial charge in [-0.2, -0.15) is 0 Å². The van der Waals surface area contributed by atoms with Gasteiger partial charge in [-0.1, -0.05) is 17.3 Å². The SMILES string of the molecule is Cc1cccc2[nH]c(CCNC(=O)c3cc(COc4ccc(F)cc4F)on3)nc12. The molecule has 4 aromatic rings. The zero-order valence-corrected chi connectivity index (χ0v) is 16.0. The Hall–Kier alpha value is -3.75. The van der Waals surface area contributed by atoms with Crippen molar-refractivity contribution >= 4 is 16.9 Å². The van der Waals surface area contributed by atoms with Crippen LogP contribution in [-0.4, -0.2) is 27.6 Å². The van der Waals surface area contributed by atoms with Gasteiger partial charge in [0.1, 0.15) is 18.2 Å². The molecule has 4 rings (SSSR count). The van der Waals surface area contributed by atoms with Gasteiger partial charge in [-0.15, -0.1) is 0 Å². The molecule has 0 saturated heterocycles. The second-order valence-electron chi connectivity index (χ2n) is 6.70. The zero-order valence-electron chi connectivity index (χ0n) is 16.0. The summed E-state index contributed by atoms with van der Waals surface area (Å²) in [6, 6.07) is 10.3. The van der Waals surface area contributed by atoms with Crippen molar-refractivity contribution in [3.05, 3.63) is 76.9 Å². The predicted molar refractivity (Wildman–Crippen MR) is 104 cm³/mol. The highest BCUT2D eigenvalue weighted by atomic mass is 19.1. The fourth-order valence-corrected chi connectivity index (χ4v) is 2.96. The standard InChI is InChI=1S/C21H18F2N4O3/c1-12-3-2-4-16-20(12)26-19(25-16)7-8-24-21(28)17-10-14(30-27-17)11-29-18-6-5-13(22)9-15(18)23/h2-6,9-10H,7-8,11H2,1H3,(H,24,28)(H,25,26). The maximum Gasteiger partial charge on any atom is 0.273 e. The molecule has 0 unspecified atom stereocenters. The average molecular weight is 412 g/mol. The summed E-state index contributed by atoms with van der Waals surface area (Å²) in [5, 5.41) is 6.44. The van der Waals surface area contributed by atoms with Crippen LogP contribution in [0.5, 0.6) is 5.75 Å². The van der Waals surface area contributed by atoms with Crippen LogP contribution in [0, 0.1) is 18.6 Å². The molecule has 0 saturated carbocycles. The zero-order chi connectivity index (χ0) is 21.1. The summed E-state index contributed by atoms with van der Waals surface area (Å²) < 4.78 is 36.8. The van der Waals surface area contributed by atoms with Crippen LogP contribution in [0.15, 0.2) is 47.0 Å². The van der Waals surface area contributed by atoms with Crippen LogP contribution in [-0.2, 0) is 13.0 Å². The third kappa shape index (κ3) is 4.29. The van der Waals surface area contributed by atoms with Gasteiger partial charge >= 0.3 is 0 Å². The number of rotatable bonds is 7. The summed E-state index contributed by atoms with van der Waals surface area (Å²) in [5.74, 6) is -1.05. The molecule has 9 heteroatoms. The Morgan fingerprint density at radius 2 is 2.10 bits per heavy atom. The number of benzene rings is 2. The molecule has 1 amide bonds. The van der Waals surface area contributed by atoms with Gasteiger partial charge < -0.3 is 19.6 Å². The summed E-state index contributed by atoms with van der Waals surface area (Å²) in [5.41, 5.74) is 3.03. The third-order valence-electron chi connectivity index (χ3n) is 4.47. The molecule has 0 aliphatic rings. The van der Waals surface area contributed by atoms with Crippen LogP contribution in [0.2, 0.25) is 0 Å². The van der Waals surface area contributed by atoms with E-state index in [9.17, 15) is 13.6 Å². The van der Waals surface area contributed by atoms with E-state index in [-0.39, 0.29) is 23.8 Å². The third-order valence-corrected chi connectivity index (χ3v) is 4.47. The van der Waals surface area contributed by atoms with E-state index in [1.807, 2.05) is 25.1 Å². The van der Waals surface area contributed by atoms with Crippen molar-refractivity contribution in [1.82, 2.24) is 20.4 Å². The second kappa shape index (κ2) is 8.32. The number of ether oxygens (including phenoxy) is 1. The number of H-pyrrole nitrogens is 1. The maximum absolute atomic E-state index is 13.6. The molecule has 154 valence electrons. The van der Waals surface area contributed by atoms with E-state index in [0.717, 1.165) is 34.6 Å². The number of nitrogens with one attached hydrogen (secondary N) is 2. The first-order valence-electron chi connectivity index (χ1n) is 9.25. The molecular weight excluding hydrogens is 394 g/mol. The van der Waals surface area contributed by atoms with Crippen molar-refractivity contribution in [2.45, 2.75) is 20.0 Å². The maximum atomic E-state index is 13.6.